The van der Waals surface area contributed by atoms with Crippen molar-refractivity contribution in [1.82, 2.24) is 15.3 Å². The number of carbonyl (C=O) groups excluding carboxylic acids is 2. The molecule has 1 aromatic heterocycles. The Balaban J connectivity index is 2.14. The van der Waals surface area contributed by atoms with Gasteiger partial charge in [0.1, 0.15) is 23.5 Å². The number of nitrogen functional groups attached to an aromatic ring is 1. The molecule has 2 heterocycles. The van der Waals surface area contributed by atoms with Crippen molar-refractivity contribution in [3.63, 3.8) is 0 Å². The molecule has 0 aromatic carbocycles. The monoisotopic (exact) mass is 264 g/mol. The Bertz CT molecular complexity index is 482. The van der Waals surface area contributed by atoms with E-state index >= 15 is 0 Å². The van der Waals surface area contributed by atoms with Gasteiger partial charge in [0.15, 0.2) is 0 Å². The van der Waals surface area contributed by atoms with Gasteiger partial charge in [0, 0.05) is 18.9 Å². The average molecular weight is 264 g/mol. The minimum Gasteiger partial charge on any atom is -0.358 e. The predicted molar refractivity (Wildman–Crippen MR) is 69.0 cm³/mol. The lowest BCUT2D eigenvalue weighted by molar-refractivity contribution is -0.133. The Kier molecular flexibility index (Phi) is 3.91. The first kappa shape index (κ1) is 13.2. The number of nitrogens with zero attached hydrogens (tertiary/aromatic N) is 2. The van der Waals surface area contributed by atoms with E-state index in [-0.39, 0.29) is 11.8 Å². The van der Waals surface area contributed by atoms with Crippen LogP contribution >= 0.6 is 0 Å². The maximum Gasteiger partial charge on any atom is 0.249 e. The van der Waals surface area contributed by atoms with Crippen molar-refractivity contribution in [1.29, 1.82) is 0 Å². The van der Waals surface area contributed by atoms with Gasteiger partial charge >= 0.3 is 0 Å². The number of hydrogen-bond donors (Lipinski definition) is 4. The molecule has 0 radical (unpaired) electrons. The van der Waals surface area contributed by atoms with Gasteiger partial charge in [-0.25, -0.2) is 15.8 Å². The first-order chi connectivity index (χ1) is 9.12. The lowest BCUT2D eigenvalue weighted by Crippen LogP contribution is -2.47. The molecule has 1 unspecified atom stereocenters. The normalized spacial score (nSPS) is 18.9. The van der Waals surface area contributed by atoms with E-state index in [1.54, 1.807) is 6.07 Å². The highest BCUT2D eigenvalue weighted by Crippen LogP contribution is 2.15. The van der Waals surface area contributed by atoms with Crippen molar-refractivity contribution in [3.05, 3.63) is 11.9 Å². The van der Waals surface area contributed by atoms with E-state index in [0.29, 0.717) is 36.7 Å². The number of hydrogen-bond acceptors (Lipinski definition) is 7. The van der Waals surface area contributed by atoms with Crippen LogP contribution in [0.5, 0.6) is 0 Å². The molecule has 0 bridgehead atoms. The van der Waals surface area contributed by atoms with Gasteiger partial charge in [0.25, 0.3) is 0 Å². The van der Waals surface area contributed by atoms with Gasteiger partial charge in [-0.05, 0) is 6.42 Å². The molecule has 8 nitrogen and oxygen atoms in total. The second-order valence-electron chi connectivity index (χ2n) is 4.20. The van der Waals surface area contributed by atoms with Crippen LogP contribution in [-0.4, -0.2) is 27.8 Å². The summed E-state index contributed by atoms with van der Waals surface area (Å²) in [7, 11) is 0. The molecular formula is C11H16N6O2. The lowest BCUT2D eigenvalue weighted by atomic mass is 10.1. The molecule has 2 rings (SSSR count). The number of amides is 2. The smallest absolute Gasteiger partial charge is 0.249 e. The zero-order chi connectivity index (χ0) is 13.8. The van der Waals surface area contributed by atoms with Crippen molar-refractivity contribution in [3.8, 4) is 0 Å². The Labute approximate surface area is 110 Å². The standard InChI is InChI=1S/C11H16N6O2/c1-2-7-14-8(5-9(15-7)17-12)13-6-3-4-10(18)16-11(6)19/h5-6H,2-4,12H2,1H3,(H,16,18,19)(H2,13,14,15,17). The van der Waals surface area contributed by atoms with Crippen LogP contribution in [0.1, 0.15) is 25.6 Å². The number of hydrazine groups is 1. The highest BCUT2D eigenvalue weighted by atomic mass is 16.2. The second kappa shape index (κ2) is 5.61. The largest absolute Gasteiger partial charge is 0.358 e. The van der Waals surface area contributed by atoms with E-state index < -0.39 is 6.04 Å². The van der Waals surface area contributed by atoms with Crippen LogP contribution in [0.3, 0.4) is 0 Å². The van der Waals surface area contributed by atoms with E-state index in [1.165, 1.54) is 0 Å². The second-order valence-corrected chi connectivity index (χ2v) is 4.20. The van der Waals surface area contributed by atoms with Crippen LogP contribution in [0.4, 0.5) is 11.6 Å². The van der Waals surface area contributed by atoms with Crippen LogP contribution in [0.2, 0.25) is 0 Å². The summed E-state index contributed by atoms with van der Waals surface area (Å²) in [6.07, 6.45) is 1.41. The minimum absolute atomic E-state index is 0.246. The Hall–Kier alpha value is -2.22. The van der Waals surface area contributed by atoms with Crippen LogP contribution in [0.15, 0.2) is 6.07 Å². The first-order valence-corrected chi connectivity index (χ1v) is 6.07. The summed E-state index contributed by atoms with van der Waals surface area (Å²) < 4.78 is 0. The molecule has 2 amide bonds. The summed E-state index contributed by atoms with van der Waals surface area (Å²) in [5.41, 5.74) is 2.45. The van der Waals surface area contributed by atoms with Crippen LogP contribution in [0.25, 0.3) is 0 Å². The van der Waals surface area contributed by atoms with E-state index in [1.807, 2.05) is 6.92 Å². The van der Waals surface area contributed by atoms with Gasteiger partial charge in [-0.3, -0.25) is 14.9 Å². The van der Waals surface area contributed by atoms with Crippen molar-refractivity contribution in [2.45, 2.75) is 32.2 Å². The van der Waals surface area contributed by atoms with Crippen LogP contribution in [-0.2, 0) is 16.0 Å². The summed E-state index contributed by atoms with van der Waals surface area (Å²) in [5.74, 6) is 6.34. The van der Waals surface area contributed by atoms with Gasteiger partial charge in [0.05, 0.1) is 0 Å². The molecule has 1 aromatic rings. The third kappa shape index (κ3) is 3.16. The van der Waals surface area contributed by atoms with Gasteiger partial charge < -0.3 is 10.7 Å². The number of piperidine rings is 1. The Morgan fingerprint density at radius 2 is 2.16 bits per heavy atom. The molecule has 0 spiro atoms. The maximum atomic E-state index is 11.6. The number of nitrogens with one attached hydrogen (secondary N) is 3. The average Bonchev–Trinajstić information content (AvgIpc) is 2.41. The predicted octanol–water partition coefficient (Wildman–Crippen LogP) is -0.458. The summed E-state index contributed by atoms with van der Waals surface area (Å²) in [6, 6.07) is 1.14. The molecule has 8 heteroatoms. The number of nitrogens with two attached hydrogens (primary N) is 1. The van der Waals surface area contributed by atoms with E-state index in [0.717, 1.165) is 0 Å². The highest BCUT2D eigenvalue weighted by Gasteiger charge is 2.26. The van der Waals surface area contributed by atoms with Crippen LogP contribution in [0, 0.1) is 0 Å². The van der Waals surface area contributed by atoms with E-state index in [9.17, 15) is 9.59 Å². The molecule has 1 aliphatic rings. The molecular weight excluding hydrogens is 248 g/mol. The molecule has 102 valence electrons. The first-order valence-electron chi connectivity index (χ1n) is 6.07. The van der Waals surface area contributed by atoms with E-state index in [4.69, 9.17) is 5.84 Å². The molecule has 5 N–H and O–H groups in total. The maximum absolute atomic E-state index is 11.6. The molecule has 0 saturated carbocycles. The molecule has 19 heavy (non-hydrogen) atoms. The van der Waals surface area contributed by atoms with Crippen molar-refractivity contribution in [2.75, 3.05) is 10.7 Å². The molecule has 1 saturated heterocycles. The highest BCUT2D eigenvalue weighted by molar-refractivity contribution is 6.01. The van der Waals surface area contributed by atoms with Crippen LogP contribution < -0.4 is 21.9 Å². The molecule has 0 aliphatic carbocycles. The third-order valence-corrected chi connectivity index (χ3v) is 2.80. The topological polar surface area (TPSA) is 122 Å². The zero-order valence-electron chi connectivity index (χ0n) is 10.6. The number of rotatable bonds is 4. The summed E-state index contributed by atoms with van der Waals surface area (Å²) in [6.45, 7) is 1.92. The Morgan fingerprint density at radius 1 is 1.42 bits per heavy atom. The van der Waals surface area contributed by atoms with Gasteiger partial charge in [-0.2, -0.15) is 0 Å². The number of anilines is 2. The number of carbonyl (C=O) groups is 2. The molecule has 1 atom stereocenters. The fourth-order valence-corrected chi connectivity index (χ4v) is 1.81. The third-order valence-electron chi connectivity index (χ3n) is 2.80. The van der Waals surface area contributed by atoms with Gasteiger partial charge in [-0.1, -0.05) is 6.92 Å². The fraction of sp³-hybridized carbons (Fsp3) is 0.455. The van der Waals surface area contributed by atoms with E-state index in [2.05, 4.69) is 26.0 Å². The summed E-state index contributed by atoms with van der Waals surface area (Å²) >= 11 is 0. The van der Waals surface area contributed by atoms with Gasteiger partial charge in [0.2, 0.25) is 11.8 Å². The zero-order valence-corrected chi connectivity index (χ0v) is 10.6. The van der Waals surface area contributed by atoms with Gasteiger partial charge in [-0.15, -0.1) is 0 Å². The lowest BCUT2D eigenvalue weighted by Gasteiger charge is -2.22. The van der Waals surface area contributed by atoms with Crippen molar-refractivity contribution < 1.29 is 9.59 Å². The number of aromatic nitrogens is 2. The summed E-state index contributed by atoms with van der Waals surface area (Å²) in [5, 5.41) is 5.27. The van der Waals surface area contributed by atoms with Crippen molar-refractivity contribution >= 4 is 23.5 Å². The SMILES string of the molecule is CCc1nc(NN)cc(NC2CCC(=O)NC2=O)n1. The Morgan fingerprint density at radius 3 is 2.79 bits per heavy atom. The fourth-order valence-electron chi connectivity index (χ4n) is 1.81. The molecule has 1 fully saturated rings. The summed E-state index contributed by atoms with van der Waals surface area (Å²) in [4.78, 5) is 31.1. The van der Waals surface area contributed by atoms with Crippen molar-refractivity contribution in [2.24, 2.45) is 5.84 Å². The minimum atomic E-state index is -0.470. The molecule has 1 aliphatic heterocycles. The quantitative estimate of drug-likeness (QED) is 0.330. The number of imide groups is 1. The number of aryl methyl sites for hydroxylation is 1.